The van der Waals surface area contributed by atoms with Crippen LogP contribution in [0, 0.1) is 23.7 Å². The molecular weight excluding hydrogens is 1370 g/mol. The molecule has 0 aliphatic carbocycles. The van der Waals surface area contributed by atoms with E-state index in [0.717, 1.165) is 114 Å². The molecule has 17 nitrogen and oxygen atoms in total. The minimum Gasteiger partial charge on any atom is -0.462 e. The van der Waals surface area contributed by atoms with Gasteiger partial charge in [0.15, 0.2) is 12.2 Å². The van der Waals surface area contributed by atoms with Crippen LogP contribution in [0.1, 0.15) is 447 Å². The van der Waals surface area contributed by atoms with E-state index in [2.05, 4.69) is 55.4 Å². The molecule has 19 heteroatoms. The Hall–Kier alpha value is -1.94. The van der Waals surface area contributed by atoms with Crippen LogP contribution in [0.4, 0.5) is 0 Å². The highest BCUT2D eigenvalue weighted by molar-refractivity contribution is 7.47. The minimum absolute atomic E-state index is 0.107. The number of aliphatic hydroxyl groups is 1. The molecule has 0 radical (unpaired) electrons. The lowest BCUT2D eigenvalue weighted by molar-refractivity contribution is -0.161. The van der Waals surface area contributed by atoms with Crippen molar-refractivity contribution in [2.75, 3.05) is 39.6 Å². The number of phosphoric acid groups is 2. The monoisotopic (exact) mass is 1540 g/mol. The summed E-state index contributed by atoms with van der Waals surface area (Å²) in [5.74, 6) is 1.04. The van der Waals surface area contributed by atoms with Crippen molar-refractivity contribution in [1.82, 2.24) is 0 Å². The van der Waals surface area contributed by atoms with Crippen LogP contribution in [0.2, 0.25) is 0 Å². The molecule has 4 unspecified atom stereocenters. The number of phosphoric ester groups is 2. The Morgan fingerprint density at radius 2 is 0.457 bits per heavy atom. The topological polar surface area (TPSA) is 237 Å². The normalized spacial score (nSPS) is 14.2. The maximum atomic E-state index is 13.1. The highest BCUT2D eigenvalue weighted by Gasteiger charge is 2.31. The Balaban J connectivity index is 5.20. The standard InChI is InChI=1S/C86H168O17P2/c1-9-79(8)65-57-49-40-34-28-22-17-19-23-29-35-41-50-58-66-83(88)96-72-81(102-85(90)68-61-53-43-37-31-25-18-16-21-27-33-39-47-55-63-77(4)5)74-100-104(92,93)98-70-80(87)71-99-105(94,95)101-75-82(73-97-84(89)67-59-51-45-44-48-56-64-78(6)7)103-86(91)69-60-52-42-36-30-24-15-13-11-10-12-14-20-26-32-38-46-54-62-76(2)3/h76-82,87H,9-75H2,1-8H3,(H,92,93)(H,94,95)/t79?,80?,81-,82-/m1/s1. The predicted octanol–water partition coefficient (Wildman–Crippen LogP) is 25.9. The van der Waals surface area contributed by atoms with Crippen LogP contribution in [-0.4, -0.2) is 96.7 Å². The van der Waals surface area contributed by atoms with Gasteiger partial charge in [-0.05, 0) is 49.4 Å². The SMILES string of the molecule is CCC(C)CCCCCCCCCCCCCCCCC(=O)OC[C@H](COP(=O)(O)OCC(O)COP(=O)(O)OC[C@@H](COC(=O)CCCCCCCCC(C)C)OC(=O)CCCCCCCCCCCCCCCCCCCCC(C)C)OC(=O)CCCCCCCCCCCCCCCCC(C)C. The highest BCUT2D eigenvalue weighted by Crippen LogP contribution is 2.45. The Kier molecular flexibility index (Phi) is 73.4. The van der Waals surface area contributed by atoms with Gasteiger partial charge in [-0.15, -0.1) is 0 Å². The molecule has 0 saturated heterocycles. The van der Waals surface area contributed by atoms with Gasteiger partial charge in [0.2, 0.25) is 0 Å². The summed E-state index contributed by atoms with van der Waals surface area (Å²) in [6, 6.07) is 0. The summed E-state index contributed by atoms with van der Waals surface area (Å²) in [5, 5.41) is 10.7. The van der Waals surface area contributed by atoms with Gasteiger partial charge in [-0.25, -0.2) is 9.13 Å². The number of aliphatic hydroxyl groups excluding tert-OH is 1. The van der Waals surface area contributed by atoms with Crippen LogP contribution < -0.4 is 0 Å². The summed E-state index contributed by atoms with van der Waals surface area (Å²) in [7, 11) is -9.93. The minimum atomic E-state index is -4.97. The number of unbranched alkanes of at least 4 members (excludes halogenated alkanes) is 48. The van der Waals surface area contributed by atoms with E-state index >= 15 is 0 Å². The number of ether oxygens (including phenoxy) is 4. The summed E-state index contributed by atoms with van der Waals surface area (Å²) in [6.45, 7) is 14.3. The zero-order valence-corrected chi connectivity index (χ0v) is 71.2. The van der Waals surface area contributed by atoms with Gasteiger partial charge in [-0.2, -0.15) is 0 Å². The van der Waals surface area contributed by atoms with Crippen molar-refractivity contribution in [3.05, 3.63) is 0 Å². The predicted molar refractivity (Wildman–Crippen MR) is 432 cm³/mol. The summed E-state index contributed by atoms with van der Waals surface area (Å²) in [5.41, 5.74) is 0. The summed E-state index contributed by atoms with van der Waals surface area (Å²) < 4.78 is 68.9. The second-order valence-corrected chi connectivity index (χ2v) is 35.5. The van der Waals surface area contributed by atoms with Crippen LogP contribution >= 0.6 is 15.6 Å². The Morgan fingerprint density at radius 3 is 0.676 bits per heavy atom. The fourth-order valence-electron chi connectivity index (χ4n) is 13.3. The molecule has 105 heavy (non-hydrogen) atoms. The van der Waals surface area contributed by atoms with E-state index in [1.54, 1.807) is 0 Å². The fraction of sp³-hybridized carbons (Fsp3) is 0.953. The second-order valence-electron chi connectivity index (χ2n) is 32.6. The van der Waals surface area contributed by atoms with Crippen molar-refractivity contribution in [2.45, 2.75) is 465 Å². The lowest BCUT2D eigenvalue weighted by Gasteiger charge is -2.21. The molecule has 0 bridgehead atoms. The number of hydrogen-bond donors (Lipinski definition) is 3. The van der Waals surface area contributed by atoms with Gasteiger partial charge in [0.25, 0.3) is 0 Å². The van der Waals surface area contributed by atoms with E-state index in [4.69, 9.17) is 37.0 Å². The number of carbonyl (C=O) groups excluding carboxylic acids is 4. The van der Waals surface area contributed by atoms with E-state index in [1.165, 1.54) is 244 Å². The van der Waals surface area contributed by atoms with E-state index < -0.39 is 97.5 Å². The van der Waals surface area contributed by atoms with Crippen molar-refractivity contribution in [3.63, 3.8) is 0 Å². The average Bonchev–Trinajstić information content (AvgIpc) is 0.909. The molecule has 0 rings (SSSR count). The first-order valence-corrected chi connectivity index (χ1v) is 47.2. The van der Waals surface area contributed by atoms with Gasteiger partial charge in [0.1, 0.15) is 19.3 Å². The zero-order chi connectivity index (χ0) is 77.4. The molecule has 0 amide bonds. The van der Waals surface area contributed by atoms with Crippen molar-refractivity contribution >= 4 is 39.5 Å². The lowest BCUT2D eigenvalue weighted by Crippen LogP contribution is -2.30. The molecule has 3 N–H and O–H groups in total. The van der Waals surface area contributed by atoms with Gasteiger partial charge < -0.3 is 33.8 Å². The van der Waals surface area contributed by atoms with E-state index in [9.17, 15) is 43.2 Å². The van der Waals surface area contributed by atoms with Crippen molar-refractivity contribution in [1.29, 1.82) is 0 Å². The van der Waals surface area contributed by atoms with Crippen molar-refractivity contribution in [2.24, 2.45) is 23.7 Å². The van der Waals surface area contributed by atoms with Crippen molar-refractivity contribution < 1.29 is 80.2 Å². The fourth-order valence-corrected chi connectivity index (χ4v) is 14.9. The number of carbonyl (C=O) groups is 4. The first-order chi connectivity index (χ1) is 50.6. The lowest BCUT2D eigenvalue weighted by atomic mass is 9.99. The largest absolute Gasteiger partial charge is 0.472 e. The van der Waals surface area contributed by atoms with Gasteiger partial charge in [0.05, 0.1) is 26.4 Å². The molecule has 0 aromatic rings. The number of hydrogen-bond acceptors (Lipinski definition) is 15. The molecule has 0 spiro atoms. The molecule has 0 aliphatic rings. The number of esters is 4. The Bertz CT molecular complexity index is 2040. The second kappa shape index (κ2) is 74.8. The summed E-state index contributed by atoms with van der Waals surface area (Å²) in [4.78, 5) is 73.2. The molecule has 0 saturated carbocycles. The van der Waals surface area contributed by atoms with E-state index in [1.807, 2.05) is 0 Å². The van der Waals surface area contributed by atoms with E-state index in [0.29, 0.717) is 31.6 Å². The average molecular weight is 1540 g/mol. The molecule has 0 aliphatic heterocycles. The van der Waals surface area contributed by atoms with Gasteiger partial charge in [0, 0.05) is 25.7 Å². The Labute approximate surface area is 645 Å². The van der Waals surface area contributed by atoms with E-state index in [-0.39, 0.29) is 25.7 Å². The van der Waals surface area contributed by atoms with Gasteiger partial charge in [-0.3, -0.25) is 37.3 Å². The summed E-state index contributed by atoms with van der Waals surface area (Å²) >= 11 is 0. The number of rotatable bonds is 83. The third-order valence-electron chi connectivity index (χ3n) is 20.4. The van der Waals surface area contributed by atoms with Crippen LogP contribution in [0.3, 0.4) is 0 Å². The molecule has 0 aromatic heterocycles. The maximum Gasteiger partial charge on any atom is 0.472 e. The molecular formula is C86H168O17P2. The van der Waals surface area contributed by atoms with Crippen LogP contribution in [0.25, 0.3) is 0 Å². The third-order valence-corrected chi connectivity index (χ3v) is 22.3. The third kappa shape index (κ3) is 78.5. The van der Waals surface area contributed by atoms with Gasteiger partial charge >= 0.3 is 39.5 Å². The quantitative estimate of drug-likeness (QED) is 0.0222. The summed E-state index contributed by atoms with van der Waals surface area (Å²) in [6.07, 6.45) is 64.0. The Morgan fingerprint density at radius 1 is 0.267 bits per heavy atom. The molecule has 0 aromatic carbocycles. The van der Waals surface area contributed by atoms with Crippen molar-refractivity contribution in [3.8, 4) is 0 Å². The first-order valence-electron chi connectivity index (χ1n) is 44.2. The highest BCUT2D eigenvalue weighted by atomic mass is 31.2. The molecule has 6 atom stereocenters. The zero-order valence-electron chi connectivity index (χ0n) is 69.4. The molecule has 0 heterocycles. The van der Waals surface area contributed by atoms with Crippen LogP contribution in [-0.2, 0) is 65.4 Å². The smallest absolute Gasteiger partial charge is 0.462 e. The molecule has 0 fully saturated rings. The van der Waals surface area contributed by atoms with Crippen LogP contribution in [0.5, 0.6) is 0 Å². The van der Waals surface area contributed by atoms with Gasteiger partial charge in [-0.1, -0.05) is 396 Å². The maximum absolute atomic E-state index is 13.1. The molecule has 624 valence electrons. The van der Waals surface area contributed by atoms with Crippen LogP contribution in [0.15, 0.2) is 0 Å². The first kappa shape index (κ1) is 103.